The number of hydrogen-bond acceptors (Lipinski definition) is 3. The molecule has 0 amide bonds. The Hall–Kier alpha value is -0.830. The lowest BCUT2D eigenvalue weighted by atomic mass is 10.0. The molecular formula is C13H23NO2. The molecule has 1 atom stereocenters. The van der Waals surface area contributed by atoms with Crippen LogP contribution >= 0.6 is 0 Å². The topological polar surface area (TPSA) is 29.5 Å². The first kappa shape index (κ1) is 13.2. The van der Waals surface area contributed by atoms with Gasteiger partial charge in [0.25, 0.3) is 0 Å². The molecule has 0 N–H and O–H groups in total. The number of unbranched alkanes of at least 4 members (excludes halogenated alkanes) is 1. The number of allylic oxidation sites excluding steroid dienone is 1. The Bertz CT molecular complexity index is 228. The van der Waals surface area contributed by atoms with Crippen molar-refractivity contribution in [3.63, 3.8) is 0 Å². The lowest BCUT2D eigenvalue weighted by Crippen LogP contribution is -2.45. The monoisotopic (exact) mass is 225 g/mol. The number of esters is 1. The number of ether oxygens (including phenoxy) is 1. The van der Waals surface area contributed by atoms with Crippen LogP contribution in [0.15, 0.2) is 12.7 Å². The number of nitrogens with zero attached hydrogens (tertiary/aromatic N) is 1. The first-order chi connectivity index (χ1) is 7.79. The minimum Gasteiger partial charge on any atom is -0.465 e. The normalized spacial score (nSPS) is 21.7. The van der Waals surface area contributed by atoms with E-state index in [2.05, 4.69) is 11.5 Å². The largest absolute Gasteiger partial charge is 0.465 e. The van der Waals surface area contributed by atoms with Crippen LogP contribution in [-0.4, -0.2) is 36.6 Å². The van der Waals surface area contributed by atoms with Gasteiger partial charge in [-0.2, -0.15) is 0 Å². The molecule has 1 aliphatic rings. The van der Waals surface area contributed by atoms with Crippen molar-refractivity contribution in [3.8, 4) is 0 Å². The maximum atomic E-state index is 11.8. The predicted molar refractivity (Wildman–Crippen MR) is 65.3 cm³/mol. The lowest BCUT2D eigenvalue weighted by Gasteiger charge is -2.33. The molecule has 0 aromatic rings. The van der Waals surface area contributed by atoms with Crippen molar-refractivity contribution >= 4 is 5.97 Å². The van der Waals surface area contributed by atoms with Crippen molar-refractivity contribution in [2.24, 2.45) is 0 Å². The fourth-order valence-electron chi connectivity index (χ4n) is 2.20. The molecule has 0 aliphatic carbocycles. The third-order valence-electron chi connectivity index (χ3n) is 3.03. The molecule has 3 nitrogen and oxygen atoms in total. The number of hydrogen-bond donors (Lipinski definition) is 0. The average Bonchev–Trinajstić information content (AvgIpc) is 2.30. The van der Waals surface area contributed by atoms with E-state index in [9.17, 15) is 4.79 Å². The highest BCUT2D eigenvalue weighted by molar-refractivity contribution is 5.75. The highest BCUT2D eigenvalue weighted by Gasteiger charge is 2.28. The van der Waals surface area contributed by atoms with E-state index in [-0.39, 0.29) is 12.0 Å². The van der Waals surface area contributed by atoms with E-state index in [0.717, 1.165) is 38.8 Å². The van der Waals surface area contributed by atoms with Gasteiger partial charge in [-0.3, -0.25) is 9.69 Å². The van der Waals surface area contributed by atoms with E-state index in [4.69, 9.17) is 4.74 Å². The summed E-state index contributed by atoms with van der Waals surface area (Å²) in [7, 11) is 0. The molecule has 0 radical (unpaired) electrons. The van der Waals surface area contributed by atoms with Crippen molar-refractivity contribution in [2.45, 2.75) is 45.1 Å². The third kappa shape index (κ3) is 3.97. The van der Waals surface area contributed by atoms with Crippen molar-refractivity contribution in [3.05, 3.63) is 12.7 Å². The molecule has 0 spiro atoms. The highest BCUT2D eigenvalue weighted by atomic mass is 16.5. The van der Waals surface area contributed by atoms with Gasteiger partial charge in [-0.15, -0.1) is 6.58 Å². The molecule has 1 heterocycles. The summed E-state index contributed by atoms with van der Waals surface area (Å²) >= 11 is 0. The smallest absolute Gasteiger partial charge is 0.323 e. The standard InChI is InChI=1S/C13H23NO2/c1-3-5-7-10-14-11-8-6-9-12(14)13(15)16-4-2/h3,12H,1,4-11H2,2H3. The summed E-state index contributed by atoms with van der Waals surface area (Å²) in [6.45, 7) is 8.07. The molecule has 1 unspecified atom stereocenters. The molecule has 1 aliphatic heterocycles. The van der Waals surface area contributed by atoms with Crippen LogP contribution in [0.25, 0.3) is 0 Å². The molecule has 0 aromatic carbocycles. The summed E-state index contributed by atoms with van der Waals surface area (Å²) in [6, 6.07) is -0.00137. The molecule has 1 rings (SSSR count). The summed E-state index contributed by atoms with van der Waals surface area (Å²) in [5, 5.41) is 0. The van der Waals surface area contributed by atoms with E-state index in [1.165, 1.54) is 6.42 Å². The lowest BCUT2D eigenvalue weighted by molar-refractivity contribution is -0.150. The fourth-order valence-corrected chi connectivity index (χ4v) is 2.20. The summed E-state index contributed by atoms with van der Waals surface area (Å²) < 4.78 is 5.12. The van der Waals surface area contributed by atoms with Gasteiger partial charge in [0.15, 0.2) is 0 Å². The second kappa shape index (κ2) is 7.44. The van der Waals surface area contributed by atoms with Gasteiger partial charge in [0.1, 0.15) is 6.04 Å². The molecule has 0 saturated carbocycles. The number of carbonyl (C=O) groups excluding carboxylic acids is 1. The Morgan fingerprint density at radius 1 is 1.56 bits per heavy atom. The van der Waals surface area contributed by atoms with Crippen LogP contribution in [0.4, 0.5) is 0 Å². The molecule has 92 valence electrons. The maximum Gasteiger partial charge on any atom is 0.323 e. The Morgan fingerprint density at radius 3 is 3.06 bits per heavy atom. The maximum absolute atomic E-state index is 11.8. The van der Waals surface area contributed by atoms with Gasteiger partial charge in [0.2, 0.25) is 0 Å². The van der Waals surface area contributed by atoms with Gasteiger partial charge in [0, 0.05) is 0 Å². The summed E-state index contributed by atoms with van der Waals surface area (Å²) in [5.41, 5.74) is 0. The van der Waals surface area contributed by atoms with E-state index >= 15 is 0 Å². The van der Waals surface area contributed by atoms with E-state index < -0.39 is 0 Å². The van der Waals surface area contributed by atoms with Gasteiger partial charge in [-0.1, -0.05) is 12.5 Å². The minimum absolute atomic E-state index is 0.00137. The zero-order valence-electron chi connectivity index (χ0n) is 10.3. The van der Waals surface area contributed by atoms with Crippen LogP contribution < -0.4 is 0 Å². The predicted octanol–water partition coefficient (Wildman–Crippen LogP) is 2.37. The summed E-state index contributed by atoms with van der Waals surface area (Å²) in [6.07, 6.45) is 7.33. The second-order valence-electron chi connectivity index (χ2n) is 4.23. The Labute approximate surface area is 98.5 Å². The molecule has 1 fully saturated rings. The van der Waals surface area contributed by atoms with Crippen molar-refractivity contribution < 1.29 is 9.53 Å². The zero-order valence-corrected chi connectivity index (χ0v) is 10.3. The van der Waals surface area contributed by atoms with Gasteiger partial charge in [0.05, 0.1) is 6.61 Å². The first-order valence-electron chi connectivity index (χ1n) is 6.31. The van der Waals surface area contributed by atoms with E-state index in [1.807, 2.05) is 13.0 Å². The van der Waals surface area contributed by atoms with Gasteiger partial charge in [-0.05, 0) is 45.7 Å². The number of rotatable bonds is 6. The van der Waals surface area contributed by atoms with Gasteiger partial charge < -0.3 is 4.74 Å². The fraction of sp³-hybridized carbons (Fsp3) is 0.769. The number of likely N-dealkylation sites (tertiary alicyclic amines) is 1. The Balaban J connectivity index is 2.42. The zero-order chi connectivity index (χ0) is 11.8. The number of carbonyl (C=O) groups is 1. The van der Waals surface area contributed by atoms with Crippen LogP contribution in [-0.2, 0) is 9.53 Å². The van der Waals surface area contributed by atoms with Crippen LogP contribution in [0.5, 0.6) is 0 Å². The van der Waals surface area contributed by atoms with Crippen molar-refractivity contribution in [1.82, 2.24) is 4.90 Å². The molecule has 0 aromatic heterocycles. The molecule has 1 saturated heterocycles. The van der Waals surface area contributed by atoms with Crippen molar-refractivity contribution in [2.75, 3.05) is 19.7 Å². The molecular weight excluding hydrogens is 202 g/mol. The van der Waals surface area contributed by atoms with Gasteiger partial charge in [-0.25, -0.2) is 0 Å². The van der Waals surface area contributed by atoms with Crippen molar-refractivity contribution in [1.29, 1.82) is 0 Å². The van der Waals surface area contributed by atoms with Crippen LogP contribution in [0.3, 0.4) is 0 Å². The van der Waals surface area contributed by atoms with Gasteiger partial charge >= 0.3 is 5.97 Å². The molecule has 16 heavy (non-hydrogen) atoms. The first-order valence-corrected chi connectivity index (χ1v) is 6.31. The third-order valence-corrected chi connectivity index (χ3v) is 3.03. The second-order valence-corrected chi connectivity index (χ2v) is 4.23. The molecule has 3 heteroatoms. The van der Waals surface area contributed by atoms with Crippen LogP contribution in [0.1, 0.15) is 39.0 Å². The molecule has 0 bridgehead atoms. The van der Waals surface area contributed by atoms with E-state index in [0.29, 0.717) is 6.61 Å². The number of piperidine rings is 1. The minimum atomic E-state index is -0.0409. The SMILES string of the molecule is C=CCCCN1CCCCC1C(=O)OCC. The Morgan fingerprint density at radius 2 is 2.38 bits per heavy atom. The van der Waals surface area contributed by atoms with E-state index in [1.54, 1.807) is 0 Å². The van der Waals surface area contributed by atoms with Crippen LogP contribution in [0, 0.1) is 0 Å². The quantitative estimate of drug-likeness (QED) is 0.395. The Kier molecular flexibility index (Phi) is 6.16. The summed E-state index contributed by atoms with van der Waals surface area (Å²) in [4.78, 5) is 14.0. The average molecular weight is 225 g/mol. The van der Waals surface area contributed by atoms with Crippen LogP contribution in [0.2, 0.25) is 0 Å². The highest BCUT2D eigenvalue weighted by Crippen LogP contribution is 2.18. The summed E-state index contributed by atoms with van der Waals surface area (Å²) in [5.74, 6) is -0.0409.